The molecule has 5 nitrogen and oxygen atoms in total. The zero-order valence-corrected chi connectivity index (χ0v) is 19.6. The molecule has 1 saturated heterocycles. The van der Waals surface area contributed by atoms with E-state index in [0.717, 1.165) is 28.6 Å². The highest BCUT2D eigenvalue weighted by Gasteiger charge is 2.36. The lowest BCUT2D eigenvalue weighted by molar-refractivity contribution is -0.143. The first-order valence-electron chi connectivity index (χ1n) is 12.0. The molecular formula is C26H25F6N3O2. The number of ether oxygens (including phenoxy) is 1. The summed E-state index contributed by atoms with van der Waals surface area (Å²) in [4.78, 5) is 17.3. The number of benzene rings is 2. The maximum Gasteiger partial charge on any atom is 0.416 e. The van der Waals surface area contributed by atoms with E-state index in [1.165, 1.54) is 12.1 Å². The molecule has 3 aromatic rings. The van der Waals surface area contributed by atoms with Gasteiger partial charge in [-0.25, -0.2) is 0 Å². The third-order valence-corrected chi connectivity index (χ3v) is 7.06. The topological polar surface area (TPSA) is 57.4 Å². The number of carbonyl (C=O) groups is 1. The van der Waals surface area contributed by atoms with Crippen LogP contribution in [0.4, 0.5) is 32.0 Å². The molecule has 0 bridgehead atoms. The van der Waals surface area contributed by atoms with Gasteiger partial charge in [0.25, 0.3) is 0 Å². The zero-order valence-electron chi connectivity index (χ0n) is 19.6. The van der Waals surface area contributed by atoms with Crippen LogP contribution in [0.15, 0.2) is 48.7 Å². The zero-order chi connectivity index (χ0) is 26.4. The highest BCUT2D eigenvalue weighted by atomic mass is 19.4. The van der Waals surface area contributed by atoms with Crippen molar-refractivity contribution in [3.63, 3.8) is 0 Å². The number of carbonyl (C=O) groups excluding carboxylic acids is 1. The van der Waals surface area contributed by atoms with Gasteiger partial charge in [-0.1, -0.05) is 12.1 Å². The molecule has 2 N–H and O–H groups in total. The summed E-state index contributed by atoms with van der Waals surface area (Å²) in [7, 11) is 0. The number of nitrogens with one attached hydrogen (secondary N) is 2. The minimum atomic E-state index is -4.35. The Morgan fingerprint density at radius 1 is 1.03 bits per heavy atom. The fourth-order valence-electron chi connectivity index (χ4n) is 4.79. The van der Waals surface area contributed by atoms with E-state index in [2.05, 4.69) is 10.3 Å². The van der Waals surface area contributed by atoms with Crippen LogP contribution in [0.25, 0.3) is 10.9 Å². The van der Waals surface area contributed by atoms with Gasteiger partial charge in [0.2, 0.25) is 5.91 Å². The minimum Gasteiger partial charge on any atom is -0.490 e. The molecule has 0 atom stereocenters. The Morgan fingerprint density at radius 3 is 2.38 bits per heavy atom. The molecule has 2 aliphatic rings. The molecular weight excluding hydrogens is 500 g/mol. The lowest BCUT2D eigenvalue weighted by atomic mass is 9.77. The van der Waals surface area contributed by atoms with Crippen LogP contribution in [0, 0.1) is 5.92 Å². The molecule has 0 radical (unpaired) electrons. The Morgan fingerprint density at radius 2 is 1.73 bits per heavy atom. The first-order chi connectivity index (χ1) is 17.4. The van der Waals surface area contributed by atoms with E-state index in [9.17, 15) is 31.1 Å². The Hall–Kier alpha value is -3.21. The molecule has 2 heterocycles. The van der Waals surface area contributed by atoms with Gasteiger partial charge < -0.3 is 19.9 Å². The molecule has 1 saturated carbocycles. The predicted molar refractivity (Wildman–Crippen MR) is 125 cm³/mol. The van der Waals surface area contributed by atoms with Crippen molar-refractivity contribution < 1.29 is 35.9 Å². The lowest BCUT2D eigenvalue weighted by Crippen LogP contribution is -2.52. The van der Waals surface area contributed by atoms with E-state index in [-0.39, 0.29) is 30.4 Å². The molecule has 1 aliphatic carbocycles. The predicted octanol–water partition coefficient (Wildman–Crippen LogP) is 6.33. The van der Waals surface area contributed by atoms with Gasteiger partial charge >= 0.3 is 12.4 Å². The second-order valence-electron chi connectivity index (χ2n) is 9.75. The average molecular weight is 525 g/mol. The number of H-pyrrole nitrogens is 1. The fourth-order valence-corrected chi connectivity index (χ4v) is 4.79. The van der Waals surface area contributed by atoms with Crippen molar-refractivity contribution in [1.29, 1.82) is 0 Å². The monoisotopic (exact) mass is 525 g/mol. The largest absolute Gasteiger partial charge is 0.490 e. The SMILES string of the molecule is O=C(Nc1c[nH]c2ccc(OC3CC(c4ccc(C(F)(F)F)cc4)C3)cc12)C1CN(CCC(F)(F)F)C1. The van der Waals surface area contributed by atoms with Crippen LogP contribution in [-0.2, 0) is 11.0 Å². The molecule has 11 heteroatoms. The molecule has 2 fully saturated rings. The summed E-state index contributed by atoms with van der Waals surface area (Å²) in [5.74, 6) is 0.139. The van der Waals surface area contributed by atoms with Crippen LogP contribution in [0.3, 0.4) is 0 Å². The highest BCUT2D eigenvalue weighted by Crippen LogP contribution is 2.41. The van der Waals surface area contributed by atoms with E-state index >= 15 is 0 Å². The number of likely N-dealkylation sites (tertiary alicyclic amines) is 1. The van der Waals surface area contributed by atoms with Crippen molar-refractivity contribution >= 4 is 22.5 Å². The summed E-state index contributed by atoms with van der Waals surface area (Å²) in [6, 6.07) is 10.7. The van der Waals surface area contributed by atoms with E-state index in [4.69, 9.17) is 4.74 Å². The van der Waals surface area contributed by atoms with Gasteiger partial charge in [-0.15, -0.1) is 0 Å². The third kappa shape index (κ3) is 5.87. The number of aromatic nitrogens is 1. The van der Waals surface area contributed by atoms with E-state index < -0.39 is 24.3 Å². The summed E-state index contributed by atoms with van der Waals surface area (Å²) in [6.07, 6.45) is -6.48. The molecule has 1 aromatic heterocycles. The van der Waals surface area contributed by atoms with Crippen LogP contribution in [0.2, 0.25) is 0 Å². The van der Waals surface area contributed by atoms with Crippen molar-refractivity contribution in [2.75, 3.05) is 25.0 Å². The Kier molecular flexibility index (Phi) is 6.59. The summed E-state index contributed by atoms with van der Waals surface area (Å²) >= 11 is 0. The maximum atomic E-state index is 12.8. The van der Waals surface area contributed by atoms with Crippen molar-refractivity contribution in [3.8, 4) is 5.75 Å². The first kappa shape index (κ1) is 25.4. The minimum absolute atomic E-state index is 0.0700. The highest BCUT2D eigenvalue weighted by molar-refractivity contribution is 6.03. The average Bonchev–Trinajstić information content (AvgIpc) is 3.15. The van der Waals surface area contributed by atoms with Crippen molar-refractivity contribution in [3.05, 3.63) is 59.8 Å². The van der Waals surface area contributed by atoms with Crippen molar-refractivity contribution in [2.24, 2.45) is 5.92 Å². The number of fused-ring (bicyclic) bond motifs is 1. The van der Waals surface area contributed by atoms with Crippen molar-refractivity contribution in [2.45, 2.75) is 43.6 Å². The number of anilines is 1. The maximum absolute atomic E-state index is 12.8. The number of halogens is 6. The number of aromatic amines is 1. The molecule has 0 unspecified atom stereocenters. The normalized spacial score (nSPS) is 20.9. The summed E-state index contributed by atoms with van der Waals surface area (Å²) in [5.41, 5.74) is 1.55. The van der Waals surface area contributed by atoms with Crippen LogP contribution in [0.1, 0.15) is 36.3 Å². The number of alkyl halides is 6. The summed E-state index contributed by atoms with van der Waals surface area (Å²) < 4.78 is 81.4. The number of amides is 1. The van der Waals surface area contributed by atoms with Gasteiger partial charge in [0.15, 0.2) is 0 Å². The molecule has 37 heavy (non-hydrogen) atoms. The Labute approximate surface area is 208 Å². The standard InChI is InChI=1S/C26H25F6N3O2/c27-25(28,29)7-8-35-13-17(14-35)24(36)34-23-12-33-22-6-5-19(11-21(22)23)37-20-9-16(10-20)15-1-3-18(4-2-15)26(30,31)32/h1-6,11-12,16-17,20,33H,7-10,13-14H2,(H,34,36). The molecule has 5 rings (SSSR count). The molecule has 1 aliphatic heterocycles. The second kappa shape index (κ2) is 9.59. The molecule has 2 aromatic carbocycles. The van der Waals surface area contributed by atoms with Gasteiger partial charge in [0.05, 0.1) is 29.7 Å². The molecule has 1 amide bonds. The Bertz CT molecular complexity index is 1260. The van der Waals surface area contributed by atoms with Gasteiger partial charge in [0, 0.05) is 36.7 Å². The second-order valence-corrected chi connectivity index (χ2v) is 9.75. The van der Waals surface area contributed by atoms with Gasteiger partial charge in [0.1, 0.15) is 5.75 Å². The van der Waals surface area contributed by atoms with Crippen LogP contribution in [-0.4, -0.2) is 47.7 Å². The number of hydrogen-bond donors (Lipinski definition) is 2. The molecule has 0 spiro atoms. The Balaban J connectivity index is 1.14. The van der Waals surface area contributed by atoms with Crippen LogP contribution in [0.5, 0.6) is 5.75 Å². The quantitative estimate of drug-likeness (QED) is 0.354. The molecule has 198 valence electrons. The van der Waals surface area contributed by atoms with Crippen LogP contribution < -0.4 is 10.1 Å². The van der Waals surface area contributed by atoms with Crippen LogP contribution >= 0.6 is 0 Å². The summed E-state index contributed by atoms with van der Waals surface area (Å²) in [5, 5.41) is 3.61. The first-order valence-corrected chi connectivity index (χ1v) is 12.0. The van der Waals surface area contributed by atoms with Gasteiger partial charge in [-0.2, -0.15) is 26.3 Å². The van der Waals surface area contributed by atoms with Gasteiger partial charge in [-0.3, -0.25) is 4.79 Å². The number of hydrogen-bond acceptors (Lipinski definition) is 3. The van der Waals surface area contributed by atoms with Crippen molar-refractivity contribution in [1.82, 2.24) is 9.88 Å². The van der Waals surface area contributed by atoms with E-state index in [1.807, 2.05) is 12.1 Å². The van der Waals surface area contributed by atoms with E-state index in [1.54, 1.807) is 17.2 Å². The number of rotatable bonds is 7. The third-order valence-electron chi connectivity index (χ3n) is 7.06. The number of nitrogens with zero attached hydrogens (tertiary/aromatic N) is 1. The lowest BCUT2D eigenvalue weighted by Gasteiger charge is -2.38. The smallest absolute Gasteiger partial charge is 0.416 e. The summed E-state index contributed by atoms with van der Waals surface area (Å²) in [6.45, 7) is 0.475. The van der Waals surface area contributed by atoms with Gasteiger partial charge in [-0.05, 0) is 54.7 Å². The fraction of sp³-hybridized carbons (Fsp3) is 0.423. The van der Waals surface area contributed by atoms with E-state index in [0.29, 0.717) is 37.4 Å².